The normalized spacial score (nSPS) is 15.7. The van der Waals surface area contributed by atoms with Crippen molar-refractivity contribution in [2.24, 2.45) is 0 Å². The fourth-order valence-electron chi connectivity index (χ4n) is 2.41. The van der Waals surface area contributed by atoms with Crippen molar-refractivity contribution < 1.29 is 27.9 Å². The van der Waals surface area contributed by atoms with Crippen LogP contribution in [0.4, 0.5) is 14.5 Å². The summed E-state index contributed by atoms with van der Waals surface area (Å²) < 4.78 is 31.3. The molecule has 5 nitrogen and oxygen atoms in total. The molecule has 2 aromatic carbocycles. The van der Waals surface area contributed by atoms with E-state index < -0.39 is 35.2 Å². The number of halogens is 3. The van der Waals surface area contributed by atoms with Crippen LogP contribution in [0.15, 0.2) is 41.3 Å². The molecule has 1 heterocycles. The Morgan fingerprint density at radius 3 is 2.70 bits per heavy atom. The molecule has 0 saturated heterocycles. The van der Waals surface area contributed by atoms with Gasteiger partial charge in [-0.3, -0.25) is 14.4 Å². The molecule has 1 amide bonds. The quantitative estimate of drug-likeness (QED) is 0.597. The highest BCUT2D eigenvalue weighted by Crippen LogP contribution is 2.38. The summed E-state index contributed by atoms with van der Waals surface area (Å²) in [6, 6.07) is 7.48. The van der Waals surface area contributed by atoms with Crippen molar-refractivity contribution in [3.8, 4) is 0 Å². The van der Waals surface area contributed by atoms with E-state index in [2.05, 4.69) is 5.32 Å². The first-order valence-electron chi connectivity index (χ1n) is 7.74. The lowest BCUT2D eigenvalue weighted by Crippen LogP contribution is -2.31. The maximum Gasteiger partial charge on any atom is 0.307 e. The first kappa shape index (κ1) is 19.3. The lowest BCUT2D eigenvalue weighted by molar-refractivity contribution is -0.143. The number of nitrogens with one attached hydrogen (secondary N) is 1. The molecule has 140 valence electrons. The second-order valence-corrected chi connectivity index (χ2v) is 7.33. The third kappa shape index (κ3) is 4.64. The van der Waals surface area contributed by atoms with Crippen LogP contribution < -0.4 is 5.32 Å². The van der Waals surface area contributed by atoms with Crippen LogP contribution in [0.2, 0.25) is 5.02 Å². The summed E-state index contributed by atoms with van der Waals surface area (Å²) in [5.74, 6) is -3.82. The predicted molar refractivity (Wildman–Crippen MR) is 96.0 cm³/mol. The largest absolute Gasteiger partial charge is 0.457 e. The van der Waals surface area contributed by atoms with Crippen LogP contribution in [-0.2, 0) is 14.3 Å². The van der Waals surface area contributed by atoms with Crippen LogP contribution in [0, 0.1) is 11.6 Å². The zero-order chi connectivity index (χ0) is 19.6. The first-order chi connectivity index (χ1) is 12.8. The van der Waals surface area contributed by atoms with Gasteiger partial charge in [0.1, 0.15) is 11.6 Å². The number of ether oxygens (including phenoxy) is 1. The van der Waals surface area contributed by atoms with Gasteiger partial charge in [-0.15, -0.1) is 11.8 Å². The number of amides is 1. The topological polar surface area (TPSA) is 72.5 Å². The molecule has 0 aliphatic carbocycles. The Morgan fingerprint density at radius 2 is 1.96 bits per heavy atom. The number of thioether (sulfide) groups is 1. The molecule has 1 N–H and O–H groups in total. The molecule has 0 saturated carbocycles. The Balaban J connectivity index is 1.57. The molecule has 1 unspecified atom stereocenters. The number of esters is 1. The maximum atomic E-state index is 13.6. The summed E-state index contributed by atoms with van der Waals surface area (Å²) in [6.45, 7) is -0.702. The Kier molecular flexibility index (Phi) is 5.76. The van der Waals surface area contributed by atoms with Crippen molar-refractivity contribution in [3.05, 3.63) is 58.6 Å². The number of carbonyl (C=O) groups is 3. The van der Waals surface area contributed by atoms with Crippen LogP contribution >= 0.6 is 23.4 Å². The molecular formula is C18H12ClF2NO4S. The smallest absolute Gasteiger partial charge is 0.307 e. The number of anilines is 1. The van der Waals surface area contributed by atoms with Gasteiger partial charge in [0, 0.05) is 16.0 Å². The number of carbonyl (C=O) groups excluding carboxylic acids is 3. The molecule has 1 atom stereocenters. The standard InChI is InChI=1S/C18H12ClF2NO4S/c19-9-1-4-15-13(5-9)22-18(25)16(27-15)7-17(24)26-8-14(23)11-3-2-10(20)6-12(11)21/h1-6,16H,7-8H2,(H,22,25). The monoisotopic (exact) mass is 411 g/mol. The minimum absolute atomic E-state index is 0.266. The molecule has 0 radical (unpaired) electrons. The van der Waals surface area contributed by atoms with Crippen LogP contribution in [0.5, 0.6) is 0 Å². The Labute approximate surface area is 162 Å². The number of fused-ring (bicyclic) bond motifs is 1. The summed E-state index contributed by atoms with van der Waals surface area (Å²) in [5.41, 5.74) is 0.184. The molecule has 1 aliphatic rings. The van der Waals surface area contributed by atoms with E-state index in [4.69, 9.17) is 16.3 Å². The summed E-state index contributed by atoms with van der Waals surface area (Å²) in [6.07, 6.45) is -0.266. The van der Waals surface area contributed by atoms with Crippen molar-refractivity contribution >= 4 is 46.7 Å². The van der Waals surface area contributed by atoms with Gasteiger partial charge in [0.15, 0.2) is 6.61 Å². The minimum Gasteiger partial charge on any atom is -0.457 e. The van der Waals surface area contributed by atoms with Gasteiger partial charge in [-0.2, -0.15) is 0 Å². The molecule has 9 heteroatoms. The first-order valence-corrected chi connectivity index (χ1v) is 9.00. The molecule has 0 aromatic heterocycles. The Bertz CT molecular complexity index is 938. The van der Waals surface area contributed by atoms with E-state index in [1.54, 1.807) is 18.2 Å². The van der Waals surface area contributed by atoms with Gasteiger partial charge >= 0.3 is 5.97 Å². The second-order valence-electron chi connectivity index (χ2n) is 5.65. The second kappa shape index (κ2) is 8.06. The highest BCUT2D eigenvalue weighted by atomic mass is 35.5. The van der Waals surface area contributed by atoms with Crippen LogP contribution in [-0.4, -0.2) is 29.5 Å². The predicted octanol–water partition coefficient (Wildman–Crippen LogP) is 3.85. The van der Waals surface area contributed by atoms with Crippen LogP contribution in [0.25, 0.3) is 0 Å². The van der Waals surface area contributed by atoms with Gasteiger partial charge in [0.25, 0.3) is 0 Å². The number of benzene rings is 2. The van der Waals surface area contributed by atoms with E-state index in [1.165, 1.54) is 11.8 Å². The fourth-order valence-corrected chi connectivity index (χ4v) is 3.65. The number of ketones is 1. The zero-order valence-corrected chi connectivity index (χ0v) is 15.2. The van der Waals surface area contributed by atoms with E-state index >= 15 is 0 Å². The molecule has 2 aromatic rings. The van der Waals surface area contributed by atoms with Crippen molar-refractivity contribution in [2.45, 2.75) is 16.6 Å². The van der Waals surface area contributed by atoms with Gasteiger partial charge in [-0.25, -0.2) is 8.78 Å². The van der Waals surface area contributed by atoms with Gasteiger partial charge in [0.2, 0.25) is 11.7 Å². The Morgan fingerprint density at radius 1 is 1.19 bits per heavy atom. The summed E-state index contributed by atoms with van der Waals surface area (Å²) in [4.78, 5) is 36.7. The lowest BCUT2D eigenvalue weighted by Gasteiger charge is -2.23. The van der Waals surface area contributed by atoms with Crippen molar-refractivity contribution in [2.75, 3.05) is 11.9 Å². The SMILES string of the molecule is O=C(CC1Sc2ccc(Cl)cc2NC1=O)OCC(=O)c1ccc(F)cc1F. The van der Waals surface area contributed by atoms with Crippen LogP contribution in [0.1, 0.15) is 16.8 Å². The van der Waals surface area contributed by atoms with E-state index in [0.29, 0.717) is 16.8 Å². The molecule has 3 rings (SSSR count). The average Bonchev–Trinajstić information content (AvgIpc) is 2.60. The molecule has 0 bridgehead atoms. The maximum absolute atomic E-state index is 13.6. The average molecular weight is 412 g/mol. The van der Waals surface area contributed by atoms with Crippen molar-refractivity contribution in [1.29, 1.82) is 0 Å². The number of rotatable bonds is 5. The van der Waals surface area contributed by atoms with Gasteiger partial charge in [0.05, 0.1) is 22.9 Å². The fraction of sp³-hybridized carbons (Fsp3) is 0.167. The number of Topliss-reactive ketones (excluding diaryl/α,β-unsaturated/α-hetero) is 1. The third-order valence-electron chi connectivity index (χ3n) is 3.71. The third-order valence-corrected chi connectivity index (χ3v) is 5.22. The highest BCUT2D eigenvalue weighted by molar-refractivity contribution is 8.01. The highest BCUT2D eigenvalue weighted by Gasteiger charge is 2.30. The molecular weight excluding hydrogens is 400 g/mol. The minimum atomic E-state index is -1.03. The summed E-state index contributed by atoms with van der Waals surface area (Å²) in [7, 11) is 0. The van der Waals surface area contributed by atoms with E-state index in [-0.39, 0.29) is 17.9 Å². The summed E-state index contributed by atoms with van der Waals surface area (Å²) in [5, 5.41) is 2.39. The number of hydrogen-bond donors (Lipinski definition) is 1. The molecule has 0 spiro atoms. The van der Waals surface area contributed by atoms with Gasteiger partial charge in [-0.1, -0.05) is 11.6 Å². The molecule has 27 heavy (non-hydrogen) atoms. The molecule has 1 aliphatic heterocycles. The van der Waals surface area contributed by atoms with E-state index in [1.807, 2.05) is 0 Å². The van der Waals surface area contributed by atoms with E-state index in [0.717, 1.165) is 17.0 Å². The number of hydrogen-bond acceptors (Lipinski definition) is 5. The van der Waals surface area contributed by atoms with E-state index in [9.17, 15) is 23.2 Å². The van der Waals surface area contributed by atoms with Crippen molar-refractivity contribution in [3.63, 3.8) is 0 Å². The van der Waals surface area contributed by atoms with Crippen LogP contribution in [0.3, 0.4) is 0 Å². The van der Waals surface area contributed by atoms with Gasteiger partial charge < -0.3 is 10.1 Å². The zero-order valence-electron chi connectivity index (χ0n) is 13.6. The Hall–Kier alpha value is -2.45. The lowest BCUT2D eigenvalue weighted by atomic mass is 10.1. The molecule has 0 fully saturated rings. The summed E-state index contributed by atoms with van der Waals surface area (Å²) >= 11 is 7.05. The van der Waals surface area contributed by atoms with Gasteiger partial charge in [-0.05, 0) is 30.3 Å². The van der Waals surface area contributed by atoms with Crippen molar-refractivity contribution in [1.82, 2.24) is 0 Å².